The van der Waals surface area contributed by atoms with E-state index in [2.05, 4.69) is 26.8 Å². The van der Waals surface area contributed by atoms with Gasteiger partial charge in [0.1, 0.15) is 0 Å². The molecule has 2 aromatic carbocycles. The Bertz CT molecular complexity index is 1210. The predicted molar refractivity (Wildman–Crippen MR) is 111 cm³/mol. The standard InChI is InChI=1S/C22H19ClN4O2/c1-26-11-15(18-7-2-3-8-19(18)26)10-20(28)27-12-16(13-27)22-24-21(25-29-22)14-5-4-6-17(23)9-14/h2-9,11,16H,10,12-13H2,1H3. The average molecular weight is 407 g/mol. The van der Waals surface area contributed by atoms with Gasteiger partial charge in [-0.3, -0.25) is 4.79 Å². The van der Waals surface area contributed by atoms with Crippen molar-refractivity contribution in [3.63, 3.8) is 0 Å². The topological polar surface area (TPSA) is 64.2 Å². The molecule has 7 heteroatoms. The molecular formula is C22H19ClN4O2. The molecule has 1 aliphatic rings. The first-order valence-corrected chi connectivity index (χ1v) is 9.86. The third-order valence-corrected chi connectivity index (χ3v) is 5.66. The van der Waals surface area contributed by atoms with Gasteiger partial charge in [-0.2, -0.15) is 4.98 Å². The number of carbonyl (C=O) groups excluding carboxylic acids is 1. The summed E-state index contributed by atoms with van der Waals surface area (Å²) in [6.07, 6.45) is 2.43. The van der Waals surface area contributed by atoms with Gasteiger partial charge in [0.25, 0.3) is 0 Å². The zero-order chi connectivity index (χ0) is 20.0. The van der Waals surface area contributed by atoms with Crippen LogP contribution in [0.5, 0.6) is 0 Å². The number of likely N-dealkylation sites (tertiary alicyclic amines) is 1. The van der Waals surface area contributed by atoms with Crippen LogP contribution in [0.4, 0.5) is 0 Å². The van der Waals surface area contributed by atoms with Gasteiger partial charge in [0.05, 0.1) is 12.3 Å². The van der Waals surface area contributed by atoms with Gasteiger partial charge < -0.3 is 14.0 Å². The molecule has 0 aliphatic carbocycles. The molecule has 0 bridgehead atoms. The third kappa shape index (κ3) is 3.29. The highest BCUT2D eigenvalue weighted by atomic mass is 35.5. The summed E-state index contributed by atoms with van der Waals surface area (Å²) in [6, 6.07) is 15.5. The predicted octanol–water partition coefficient (Wildman–Crippen LogP) is 4.05. The van der Waals surface area contributed by atoms with Crippen LogP contribution in [0.15, 0.2) is 59.3 Å². The van der Waals surface area contributed by atoms with Crippen molar-refractivity contribution in [1.82, 2.24) is 19.6 Å². The van der Waals surface area contributed by atoms with E-state index >= 15 is 0 Å². The molecule has 0 saturated carbocycles. The highest BCUT2D eigenvalue weighted by Crippen LogP contribution is 2.29. The molecule has 5 rings (SSSR count). The molecule has 0 radical (unpaired) electrons. The first-order valence-electron chi connectivity index (χ1n) is 9.49. The Labute approximate surface area is 172 Å². The Hall–Kier alpha value is -3.12. The summed E-state index contributed by atoms with van der Waals surface area (Å²) >= 11 is 6.03. The molecule has 0 spiro atoms. The van der Waals surface area contributed by atoms with Gasteiger partial charge in [0.15, 0.2) is 0 Å². The van der Waals surface area contributed by atoms with Crippen LogP contribution in [0.1, 0.15) is 17.4 Å². The maximum atomic E-state index is 12.7. The Morgan fingerprint density at radius 1 is 1.21 bits per heavy atom. The monoisotopic (exact) mass is 406 g/mol. The van der Waals surface area contributed by atoms with E-state index in [1.54, 1.807) is 12.1 Å². The van der Waals surface area contributed by atoms with E-state index in [9.17, 15) is 4.79 Å². The summed E-state index contributed by atoms with van der Waals surface area (Å²) in [6.45, 7) is 1.20. The van der Waals surface area contributed by atoms with E-state index in [1.165, 1.54) is 0 Å². The smallest absolute Gasteiger partial charge is 0.233 e. The van der Waals surface area contributed by atoms with Gasteiger partial charge in [-0.25, -0.2) is 0 Å². The summed E-state index contributed by atoms with van der Waals surface area (Å²) in [7, 11) is 2.00. The number of aryl methyl sites for hydroxylation is 1. The van der Waals surface area contributed by atoms with Crippen molar-refractivity contribution in [3.05, 3.63) is 71.2 Å². The highest BCUT2D eigenvalue weighted by molar-refractivity contribution is 6.30. The summed E-state index contributed by atoms with van der Waals surface area (Å²) in [5.74, 6) is 1.27. The molecule has 0 atom stereocenters. The number of para-hydroxylation sites is 1. The first-order chi connectivity index (χ1) is 14.1. The number of aromatic nitrogens is 3. The highest BCUT2D eigenvalue weighted by Gasteiger charge is 2.35. The van der Waals surface area contributed by atoms with E-state index in [0.29, 0.717) is 36.2 Å². The van der Waals surface area contributed by atoms with Gasteiger partial charge >= 0.3 is 0 Å². The fourth-order valence-corrected chi connectivity index (χ4v) is 4.02. The van der Waals surface area contributed by atoms with Gasteiger partial charge in [-0.1, -0.05) is 47.1 Å². The molecule has 29 heavy (non-hydrogen) atoms. The molecule has 146 valence electrons. The van der Waals surface area contributed by atoms with Gasteiger partial charge in [0.2, 0.25) is 17.6 Å². The van der Waals surface area contributed by atoms with Crippen LogP contribution in [-0.4, -0.2) is 38.6 Å². The maximum absolute atomic E-state index is 12.7. The van der Waals surface area contributed by atoms with Crippen molar-refractivity contribution in [3.8, 4) is 11.4 Å². The van der Waals surface area contributed by atoms with Crippen LogP contribution in [0.3, 0.4) is 0 Å². The second-order valence-corrected chi connectivity index (χ2v) is 7.86. The summed E-state index contributed by atoms with van der Waals surface area (Å²) in [5.41, 5.74) is 3.00. The third-order valence-electron chi connectivity index (χ3n) is 5.43. The number of hydrogen-bond donors (Lipinski definition) is 0. The Morgan fingerprint density at radius 2 is 2.03 bits per heavy atom. The van der Waals surface area contributed by atoms with E-state index in [4.69, 9.17) is 16.1 Å². The molecule has 6 nitrogen and oxygen atoms in total. The normalized spacial score (nSPS) is 14.3. The average Bonchev–Trinajstić information content (AvgIpc) is 3.27. The molecule has 2 aromatic heterocycles. The fraction of sp³-hybridized carbons (Fsp3) is 0.227. The number of carbonyl (C=O) groups is 1. The van der Waals surface area contributed by atoms with Crippen molar-refractivity contribution in [1.29, 1.82) is 0 Å². The number of halogens is 1. The minimum Gasteiger partial charge on any atom is -0.350 e. The van der Waals surface area contributed by atoms with E-state index in [1.807, 2.05) is 42.4 Å². The summed E-state index contributed by atoms with van der Waals surface area (Å²) in [5, 5.41) is 5.81. The molecule has 4 aromatic rings. The summed E-state index contributed by atoms with van der Waals surface area (Å²) < 4.78 is 7.49. The first kappa shape index (κ1) is 17.9. The van der Waals surface area contributed by atoms with Crippen LogP contribution in [0.25, 0.3) is 22.3 Å². The van der Waals surface area contributed by atoms with Crippen LogP contribution >= 0.6 is 11.6 Å². The minimum absolute atomic E-state index is 0.0758. The van der Waals surface area contributed by atoms with Crippen molar-refractivity contribution >= 4 is 28.4 Å². The van der Waals surface area contributed by atoms with Crippen LogP contribution in [0, 0.1) is 0 Å². The number of hydrogen-bond acceptors (Lipinski definition) is 4. The molecule has 1 saturated heterocycles. The Balaban J connectivity index is 1.24. The zero-order valence-electron chi connectivity index (χ0n) is 15.9. The Morgan fingerprint density at radius 3 is 2.86 bits per heavy atom. The molecular weight excluding hydrogens is 388 g/mol. The van der Waals surface area contributed by atoms with Crippen molar-refractivity contribution < 1.29 is 9.32 Å². The van der Waals surface area contributed by atoms with Crippen molar-refractivity contribution in [2.24, 2.45) is 7.05 Å². The quantitative estimate of drug-likeness (QED) is 0.513. The number of fused-ring (bicyclic) bond motifs is 1. The van der Waals surface area contributed by atoms with Crippen molar-refractivity contribution in [2.75, 3.05) is 13.1 Å². The second-order valence-electron chi connectivity index (χ2n) is 7.42. The van der Waals surface area contributed by atoms with Gasteiger partial charge in [-0.05, 0) is 23.8 Å². The number of rotatable bonds is 4. The fourth-order valence-electron chi connectivity index (χ4n) is 3.83. The molecule has 0 N–H and O–H groups in total. The maximum Gasteiger partial charge on any atom is 0.233 e. The lowest BCUT2D eigenvalue weighted by molar-refractivity contribution is -0.135. The zero-order valence-corrected chi connectivity index (χ0v) is 16.6. The van der Waals surface area contributed by atoms with E-state index in [-0.39, 0.29) is 11.8 Å². The van der Waals surface area contributed by atoms with Gasteiger partial charge in [0, 0.05) is 47.8 Å². The van der Waals surface area contributed by atoms with Crippen molar-refractivity contribution in [2.45, 2.75) is 12.3 Å². The SMILES string of the molecule is Cn1cc(CC(=O)N2CC(c3nc(-c4cccc(Cl)c4)no3)C2)c2ccccc21. The number of benzene rings is 2. The van der Waals surface area contributed by atoms with Crippen LogP contribution < -0.4 is 0 Å². The summed E-state index contributed by atoms with van der Waals surface area (Å²) in [4.78, 5) is 19.1. The van der Waals surface area contributed by atoms with Crippen LogP contribution in [-0.2, 0) is 18.3 Å². The number of nitrogens with zero attached hydrogens (tertiary/aromatic N) is 4. The van der Waals surface area contributed by atoms with E-state index < -0.39 is 0 Å². The lowest BCUT2D eigenvalue weighted by Crippen LogP contribution is -2.49. The molecule has 0 unspecified atom stereocenters. The second kappa shape index (κ2) is 7.04. The van der Waals surface area contributed by atoms with E-state index in [0.717, 1.165) is 22.0 Å². The lowest BCUT2D eigenvalue weighted by Gasteiger charge is -2.37. The van der Waals surface area contributed by atoms with Crippen LogP contribution in [0.2, 0.25) is 5.02 Å². The Kier molecular flexibility index (Phi) is 4.36. The lowest BCUT2D eigenvalue weighted by atomic mass is 9.98. The molecule has 3 heterocycles. The molecule has 1 amide bonds. The van der Waals surface area contributed by atoms with Gasteiger partial charge in [-0.15, -0.1) is 0 Å². The largest absolute Gasteiger partial charge is 0.350 e. The molecule has 1 aliphatic heterocycles. The molecule has 1 fully saturated rings. The minimum atomic E-state index is 0.0758. The number of amides is 1.